The van der Waals surface area contributed by atoms with Gasteiger partial charge in [0.25, 0.3) is 0 Å². The number of nitrogens with zero attached hydrogens (tertiary/aromatic N) is 1. The molecule has 1 heterocycles. The van der Waals surface area contributed by atoms with E-state index in [2.05, 4.69) is 48.4 Å². The predicted molar refractivity (Wildman–Crippen MR) is 92.2 cm³/mol. The molecule has 1 aliphatic carbocycles. The van der Waals surface area contributed by atoms with Crippen molar-refractivity contribution in [3.8, 4) is 11.3 Å². The fourth-order valence-electron chi connectivity index (χ4n) is 3.00. The maximum atomic E-state index is 12.3. The summed E-state index contributed by atoms with van der Waals surface area (Å²) in [5.74, 6) is 0.310. The van der Waals surface area contributed by atoms with Crippen molar-refractivity contribution in [1.82, 2.24) is 4.98 Å². The van der Waals surface area contributed by atoms with E-state index in [0.29, 0.717) is 0 Å². The van der Waals surface area contributed by atoms with Crippen LogP contribution < -0.4 is 5.32 Å². The minimum absolute atomic E-state index is 0.143. The number of aryl methyl sites for hydroxylation is 2. The Kier molecular flexibility index (Phi) is 4.57. The zero-order chi connectivity index (χ0) is 15.5. The molecule has 2 aromatic rings. The summed E-state index contributed by atoms with van der Waals surface area (Å²) < 4.78 is 0. The number of amides is 1. The van der Waals surface area contributed by atoms with E-state index in [1.807, 2.05) is 0 Å². The van der Waals surface area contributed by atoms with E-state index >= 15 is 0 Å². The van der Waals surface area contributed by atoms with Crippen LogP contribution in [0.4, 0.5) is 5.13 Å². The van der Waals surface area contributed by atoms with Crippen LogP contribution in [0.3, 0.4) is 0 Å². The number of nitrogens with one attached hydrogen (secondary N) is 1. The standard InChI is InChI=1S/C18H22N2OS/c1-12-8-10-14(11-9-12)16-13(2)22-18(19-16)20-17(21)15-6-4-3-5-7-15/h8-11,15H,3-7H2,1-2H3,(H,19,20,21). The van der Waals surface area contributed by atoms with Gasteiger partial charge in [0.05, 0.1) is 5.69 Å². The fraction of sp³-hybridized carbons (Fsp3) is 0.444. The van der Waals surface area contributed by atoms with Crippen LogP contribution in [-0.4, -0.2) is 10.9 Å². The molecule has 0 saturated heterocycles. The Morgan fingerprint density at radius 3 is 2.50 bits per heavy atom. The summed E-state index contributed by atoms with van der Waals surface area (Å²) in [7, 11) is 0. The van der Waals surface area contributed by atoms with Crippen molar-refractivity contribution >= 4 is 22.4 Å². The third kappa shape index (κ3) is 3.38. The molecular weight excluding hydrogens is 292 g/mol. The van der Waals surface area contributed by atoms with Crippen molar-refractivity contribution in [1.29, 1.82) is 0 Å². The van der Waals surface area contributed by atoms with Crippen LogP contribution in [0.1, 0.15) is 42.5 Å². The molecule has 4 heteroatoms. The Morgan fingerprint density at radius 2 is 1.82 bits per heavy atom. The predicted octanol–water partition coefficient (Wildman–Crippen LogP) is 4.95. The van der Waals surface area contributed by atoms with Gasteiger partial charge >= 0.3 is 0 Å². The highest BCUT2D eigenvalue weighted by atomic mass is 32.1. The van der Waals surface area contributed by atoms with Gasteiger partial charge in [-0.05, 0) is 26.7 Å². The maximum Gasteiger partial charge on any atom is 0.229 e. The normalized spacial score (nSPS) is 15.7. The molecule has 1 saturated carbocycles. The molecule has 1 aliphatic rings. The first-order valence-electron chi connectivity index (χ1n) is 7.99. The summed E-state index contributed by atoms with van der Waals surface area (Å²) in [4.78, 5) is 18.1. The van der Waals surface area contributed by atoms with E-state index in [1.54, 1.807) is 11.3 Å². The number of rotatable bonds is 3. The van der Waals surface area contributed by atoms with Gasteiger partial charge in [0.2, 0.25) is 5.91 Å². The van der Waals surface area contributed by atoms with E-state index in [0.717, 1.165) is 34.1 Å². The van der Waals surface area contributed by atoms with Crippen molar-refractivity contribution in [3.63, 3.8) is 0 Å². The number of carbonyl (C=O) groups is 1. The van der Waals surface area contributed by atoms with Crippen LogP contribution in [0.5, 0.6) is 0 Å². The van der Waals surface area contributed by atoms with Gasteiger partial charge in [-0.3, -0.25) is 4.79 Å². The van der Waals surface area contributed by atoms with Crippen LogP contribution in [0, 0.1) is 19.8 Å². The zero-order valence-corrected chi connectivity index (χ0v) is 14.0. The largest absolute Gasteiger partial charge is 0.302 e. The molecule has 3 nitrogen and oxygen atoms in total. The van der Waals surface area contributed by atoms with Gasteiger partial charge in [0.1, 0.15) is 0 Å². The van der Waals surface area contributed by atoms with Gasteiger partial charge in [-0.15, -0.1) is 11.3 Å². The van der Waals surface area contributed by atoms with Gasteiger partial charge in [0.15, 0.2) is 5.13 Å². The van der Waals surface area contributed by atoms with Gasteiger partial charge < -0.3 is 5.32 Å². The Morgan fingerprint density at radius 1 is 1.14 bits per heavy atom. The first kappa shape index (κ1) is 15.2. The quantitative estimate of drug-likeness (QED) is 0.871. The first-order chi connectivity index (χ1) is 10.6. The third-order valence-corrected chi connectivity index (χ3v) is 5.21. The van der Waals surface area contributed by atoms with Crippen LogP contribution in [-0.2, 0) is 4.79 Å². The smallest absolute Gasteiger partial charge is 0.229 e. The lowest BCUT2D eigenvalue weighted by Gasteiger charge is -2.19. The number of carbonyl (C=O) groups excluding carboxylic acids is 1. The van der Waals surface area contributed by atoms with Gasteiger partial charge in [0, 0.05) is 16.4 Å². The molecule has 22 heavy (non-hydrogen) atoms. The second-order valence-corrected chi connectivity index (χ2v) is 7.32. The molecule has 1 fully saturated rings. The number of thiazole rings is 1. The Labute approximate surface area is 135 Å². The molecule has 0 atom stereocenters. The average Bonchev–Trinajstić information content (AvgIpc) is 2.89. The van der Waals surface area contributed by atoms with Gasteiger partial charge in [-0.2, -0.15) is 0 Å². The molecule has 0 bridgehead atoms. The summed E-state index contributed by atoms with van der Waals surface area (Å²) in [6.45, 7) is 4.14. The molecule has 0 spiro atoms. The van der Waals surface area contributed by atoms with E-state index in [9.17, 15) is 4.79 Å². The Balaban J connectivity index is 1.74. The second kappa shape index (κ2) is 6.61. The SMILES string of the molecule is Cc1ccc(-c2nc(NC(=O)C3CCCCC3)sc2C)cc1. The van der Waals surface area contributed by atoms with Crippen LogP contribution in [0.25, 0.3) is 11.3 Å². The Bertz CT molecular complexity index is 654. The minimum Gasteiger partial charge on any atom is -0.302 e. The second-order valence-electron chi connectivity index (χ2n) is 6.11. The van der Waals surface area contributed by atoms with E-state index < -0.39 is 0 Å². The minimum atomic E-state index is 0.143. The monoisotopic (exact) mass is 314 g/mol. The Hall–Kier alpha value is -1.68. The maximum absolute atomic E-state index is 12.3. The molecule has 1 N–H and O–H groups in total. The summed E-state index contributed by atoms with van der Waals surface area (Å²) in [6, 6.07) is 8.36. The number of hydrogen-bond donors (Lipinski definition) is 1. The fourth-order valence-corrected chi connectivity index (χ4v) is 3.84. The molecule has 1 amide bonds. The highest BCUT2D eigenvalue weighted by Crippen LogP contribution is 2.31. The van der Waals surface area contributed by atoms with Crippen LogP contribution in [0.2, 0.25) is 0 Å². The summed E-state index contributed by atoms with van der Waals surface area (Å²) in [5.41, 5.74) is 3.32. The molecule has 0 aliphatic heterocycles. The lowest BCUT2D eigenvalue weighted by molar-refractivity contribution is -0.120. The third-order valence-electron chi connectivity index (χ3n) is 4.33. The van der Waals surface area contributed by atoms with Crippen LogP contribution >= 0.6 is 11.3 Å². The molecular formula is C18H22N2OS. The van der Waals surface area contributed by atoms with E-state index in [1.165, 1.54) is 24.8 Å². The van der Waals surface area contributed by atoms with Crippen molar-refractivity contribution in [2.24, 2.45) is 5.92 Å². The average molecular weight is 314 g/mol. The van der Waals surface area contributed by atoms with Gasteiger partial charge in [-0.25, -0.2) is 4.98 Å². The summed E-state index contributed by atoms with van der Waals surface area (Å²) >= 11 is 1.56. The van der Waals surface area contributed by atoms with Crippen molar-refractivity contribution in [2.45, 2.75) is 46.0 Å². The molecule has 116 valence electrons. The first-order valence-corrected chi connectivity index (χ1v) is 8.80. The molecule has 1 aromatic heterocycles. The highest BCUT2D eigenvalue weighted by Gasteiger charge is 2.22. The highest BCUT2D eigenvalue weighted by molar-refractivity contribution is 7.16. The van der Waals surface area contributed by atoms with Crippen molar-refractivity contribution in [2.75, 3.05) is 5.32 Å². The summed E-state index contributed by atoms with van der Waals surface area (Å²) in [5, 5.41) is 3.75. The molecule has 0 unspecified atom stereocenters. The van der Waals surface area contributed by atoms with Crippen LogP contribution in [0.15, 0.2) is 24.3 Å². The van der Waals surface area contributed by atoms with E-state index in [4.69, 9.17) is 0 Å². The molecule has 0 radical (unpaired) electrons. The number of hydrogen-bond acceptors (Lipinski definition) is 3. The van der Waals surface area contributed by atoms with Crippen molar-refractivity contribution in [3.05, 3.63) is 34.7 Å². The molecule has 3 rings (SSSR count). The van der Waals surface area contributed by atoms with Crippen molar-refractivity contribution < 1.29 is 4.79 Å². The number of aromatic nitrogens is 1. The topological polar surface area (TPSA) is 42.0 Å². The van der Waals surface area contributed by atoms with E-state index in [-0.39, 0.29) is 11.8 Å². The summed E-state index contributed by atoms with van der Waals surface area (Å²) in [6.07, 6.45) is 5.63. The molecule has 1 aromatic carbocycles. The number of benzene rings is 1. The number of anilines is 1. The lowest BCUT2D eigenvalue weighted by Crippen LogP contribution is -2.24. The lowest BCUT2D eigenvalue weighted by atomic mass is 9.89. The van der Waals surface area contributed by atoms with Gasteiger partial charge in [-0.1, -0.05) is 49.1 Å². The zero-order valence-electron chi connectivity index (χ0n) is 13.2.